The van der Waals surface area contributed by atoms with Gasteiger partial charge in [0.25, 0.3) is 0 Å². The Bertz CT molecular complexity index is 5880. The Balaban J connectivity index is 0.000000200. The summed E-state index contributed by atoms with van der Waals surface area (Å²) in [5.41, 5.74) is 6.08. The number of rotatable bonds is 35. The smallest absolute Gasteiger partial charge is 0.350 e. The van der Waals surface area contributed by atoms with Gasteiger partial charge >= 0.3 is 13.9 Å². The van der Waals surface area contributed by atoms with Crippen molar-refractivity contribution in [2.45, 2.75) is 103 Å². The molecule has 0 unspecified atom stereocenters. The third-order valence-corrected chi connectivity index (χ3v) is 28.5. The molecule has 30 nitrogen and oxygen atoms in total. The molecule has 0 bridgehead atoms. The topological polar surface area (TPSA) is 353 Å². The Hall–Kier alpha value is -10.7. The van der Waals surface area contributed by atoms with E-state index in [1.807, 2.05) is 194 Å². The van der Waals surface area contributed by atoms with Crippen molar-refractivity contribution in [2.24, 2.45) is 0 Å². The van der Waals surface area contributed by atoms with E-state index in [1.54, 1.807) is 24.2 Å². The van der Waals surface area contributed by atoms with Crippen LogP contribution in [-0.4, -0.2) is 282 Å². The number of nitrogens with zero attached hydrogens (tertiary/aromatic N) is 16. The van der Waals surface area contributed by atoms with Crippen LogP contribution in [0.1, 0.15) is 125 Å². The van der Waals surface area contributed by atoms with Gasteiger partial charge < -0.3 is 33.7 Å². The van der Waals surface area contributed by atoms with Gasteiger partial charge in [-0.15, -0.1) is 15.3 Å². The van der Waals surface area contributed by atoms with Gasteiger partial charge in [-0.2, -0.15) is 5.21 Å². The first-order valence-corrected chi connectivity index (χ1v) is 52.0. The Labute approximate surface area is 821 Å². The second kappa shape index (κ2) is 50.0. The van der Waals surface area contributed by atoms with E-state index in [0.29, 0.717) is 50.1 Å². The number of carbonyl (C=O) groups is 3. The van der Waals surface area contributed by atoms with Crippen LogP contribution in [0, 0.1) is 0 Å². The number of aromatic nitrogens is 12. The monoisotopic (exact) mass is 2010 g/mol. The number of benzene rings is 9. The summed E-state index contributed by atoms with van der Waals surface area (Å²) in [6.07, 6.45) is 10.3. The summed E-state index contributed by atoms with van der Waals surface area (Å²) in [5.74, 6) is 2.43. The number of piperidine rings is 3. The van der Waals surface area contributed by atoms with Crippen molar-refractivity contribution < 1.29 is 67.3 Å². The second-order valence-corrected chi connectivity index (χ2v) is 41.3. The molecule has 3 saturated heterocycles. The molecular formula is C99H125BBrFN21O9S3V+. The number of alkyl halides is 1. The molecule has 5 N–H and O–H groups in total. The molecule has 3 radical (unpaired) electrons. The number of H-pyrrole nitrogens is 2. The third-order valence-electron chi connectivity index (χ3n) is 25.9. The maximum Gasteiger partial charge on any atom is 0.350 e. The first-order chi connectivity index (χ1) is 64.9. The maximum atomic E-state index is 14.1. The molecule has 3 amide bonds. The molecule has 0 spiro atoms. The SMILES string of the molecule is CN(C)C(=O)C(CCN1CCC(c2ccccc2)(c2n[nH][n+](CCNS(C)(=O)=O)n2)CC1)(c1ccccc1)c1ccccc1.CN(C)C(=O)C(CCN1CCC(c2ccccc2)(c2nn[nH]n2)CC1)(c1ccccc1)c1ccccc1.CN(C)C(=O)C(CCN1CCC(c2ccccc2)(c2nnnn2CCNS(C)(=O)=O)CC1)(c1ccccc1)c1ccccc1.CS(=O)(=O)NCCBr.[B]F.[V]. The van der Waals surface area contributed by atoms with Gasteiger partial charge in [-0.3, -0.25) is 14.4 Å². The minimum absolute atomic E-state index is 0. The average Bonchev–Trinajstić information content (AvgIpc) is 1.37. The number of halogens is 2. The number of tetrazole rings is 3. The molecule has 0 aliphatic carbocycles. The molecule has 12 aromatic rings. The zero-order valence-electron chi connectivity index (χ0n) is 78.8. The Kier molecular flexibility index (Phi) is 39.5. The van der Waals surface area contributed by atoms with E-state index in [1.165, 1.54) is 5.56 Å². The van der Waals surface area contributed by atoms with Crippen molar-refractivity contribution in [3.63, 3.8) is 0 Å². The quantitative estimate of drug-likeness (QED) is 0.0140. The summed E-state index contributed by atoms with van der Waals surface area (Å²) in [4.78, 5) is 56.2. The van der Waals surface area contributed by atoms with Gasteiger partial charge in [0.05, 0.1) is 53.2 Å². The number of amides is 3. The van der Waals surface area contributed by atoms with Crippen LogP contribution in [0.3, 0.4) is 0 Å². The summed E-state index contributed by atoms with van der Waals surface area (Å²) in [5, 5.41) is 41.1. The summed E-state index contributed by atoms with van der Waals surface area (Å²) in [7, 11) is 4.44. The number of hydrogen-bond acceptors (Lipinski definition) is 20. The van der Waals surface area contributed by atoms with E-state index in [2.05, 4.69) is 221 Å². The van der Waals surface area contributed by atoms with E-state index >= 15 is 0 Å². The molecule has 719 valence electrons. The molecular weight excluding hydrogens is 1880 g/mol. The molecule has 15 rings (SSSR count). The Morgan fingerprint density at radius 1 is 0.412 bits per heavy atom. The van der Waals surface area contributed by atoms with E-state index in [4.69, 9.17) is 9.41 Å². The first-order valence-electron chi connectivity index (χ1n) is 45.2. The van der Waals surface area contributed by atoms with Crippen molar-refractivity contribution in [3.8, 4) is 0 Å². The maximum absolute atomic E-state index is 14.1. The van der Waals surface area contributed by atoms with Crippen LogP contribution in [0.5, 0.6) is 0 Å². The molecule has 3 aromatic heterocycles. The van der Waals surface area contributed by atoms with Gasteiger partial charge in [0.15, 0.2) is 11.6 Å². The van der Waals surface area contributed by atoms with Crippen LogP contribution in [0.15, 0.2) is 273 Å². The first kappa shape index (κ1) is 107. The largest absolute Gasteiger partial charge is 0.350 e. The van der Waals surface area contributed by atoms with Crippen LogP contribution in [-0.2, 0) is 109 Å². The van der Waals surface area contributed by atoms with Gasteiger partial charge in [-0.1, -0.05) is 299 Å². The molecule has 3 aliphatic heterocycles. The van der Waals surface area contributed by atoms with Gasteiger partial charge in [-0.05, 0) is 188 Å². The molecule has 37 heteroatoms. The molecule has 6 heterocycles. The number of carbonyl (C=O) groups excluding carboxylic acids is 3. The summed E-state index contributed by atoms with van der Waals surface area (Å²) in [6.45, 7) is 8.83. The van der Waals surface area contributed by atoms with E-state index in [0.717, 1.165) is 172 Å². The summed E-state index contributed by atoms with van der Waals surface area (Å²) >= 11 is 3.08. The molecule has 3 fully saturated rings. The Morgan fingerprint density at radius 2 is 0.699 bits per heavy atom. The van der Waals surface area contributed by atoms with Crippen molar-refractivity contribution in [2.75, 3.05) is 145 Å². The fourth-order valence-electron chi connectivity index (χ4n) is 19.1. The summed E-state index contributed by atoms with van der Waals surface area (Å²) in [6, 6.07) is 92.1. The average molecular weight is 2010 g/mol. The number of likely N-dealkylation sites (tertiary alicyclic amines) is 3. The summed E-state index contributed by atoms with van der Waals surface area (Å²) < 4.78 is 84.9. The van der Waals surface area contributed by atoms with Crippen LogP contribution in [0.2, 0.25) is 0 Å². The number of nitrogens with one attached hydrogen (secondary N) is 5. The van der Waals surface area contributed by atoms with Crippen LogP contribution in [0.4, 0.5) is 4.32 Å². The van der Waals surface area contributed by atoms with E-state index < -0.39 is 51.7 Å². The van der Waals surface area contributed by atoms with Crippen LogP contribution < -0.4 is 19.0 Å². The van der Waals surface area contributed by atoms with Crippen molar-refractivity contribution in [3.05, 3.63) is 341 Å². The molecule has 136 heavy (non-hydrogen) atoms. The number of hydrogen-bond donors (Lipinski definition) is 5. The van der Waals surface area contributed by atoms with Crippen molar-refractivity contribution in [1.29, 1.82) is 0 Å². The van der Waals surface area contributed by atoms with E-state index in [-0.39, 0.29) is 60.2 Å². The normalized spacial score (nSPS) is 15.1. The molecule has 9 aromatic carbocycles. The predicted octanol–water partition coefficient (Wildman–Crippen LogP) is 9.57. The Morgan fingerprint density at radius 3 is 0.985 bits per heavy atom. The predicted molar refractivity (Wildman–Crippen MR) is 527 cm³/mol. The molecule has 3 aliphatic rings. The van der Waals surface area contributed by atoms with Gasteiger partial charge in [0, 0.05) is 79.3 Å². The second-order valence-electron chi connectivity index (χ2n) is 35.0. The standard InChI is InChI=1S/2C33H41N7O3S.C30H34N6O.C3H8BrNO2S.BF.V/c1-38(2)31(41)33(28-15-9-5-10-16-28,29-17-11-6-12-18-29)21-25-39-23-19-32(20-24-39,27-13-7-4-8-14-27)30-35-36-37-40(30)26-22-34-44(3,42)43;1-38(2)31(41)33(28-15-9-5-10-16-28,29-17-11-6-12-18-29)21-25-39-23-19-32(20-24-39,27-13-7-4-8-14-27)30-35-37-40(36-30)26-22-34-44(3,42)43;1-35(2)28(37)30(25-14-8-4-9-15-25,26-16-10-5-11-17-26)20-23-36-21-18-29(19-22-36,27-31-33-34-32-27)24-12-6-3-7-13-24;1-8(6,7)5-3-2-4;1-2;/h2*4-18,34H,19-26H2,1-3H3;3-17H,18-23H2,1-2H3,(H,31,32,33,34);5H,2-3H2,1H3;;/p+1. The number of likely N-dealkylation sites (N-methyl/N-ethyl adjacent to an activating group) is 3. The fraction of sp³-hybridized carbons (Fsp3) is 0.394. The van der Waals surface area contributed by atoms with Gasteiger partial charge in [0.2, 0.25) is 47.8 Å². The van der Waals surface area contributed by atoms with E-state index in [9.17, 15) is 39.6 Å². The fourth-order valence-corrected chi connectivity index (χ4v) is 20.9. The number of sulfonamides is 3. The minimum Gasteiger partial charge on any atom is -0.350 e. The van der Waals surface area contributed by atoms with Gasteiger partial charge in [-0.25, -0.2) is 44.1 Å². The third kappa shape index (κ3) is 26.8. The zero-order chi connectivity index (χ0) is 96.8. The van der Waals surface area contributed by atoms with Crippen molar-refractivity contribution >= 4 is 71.8 Å². The van der Waals surface area contributed by atoms with Crippen molar-refractivity contribution in [1.82, 2.24) is 99.8 Å². The number of aromatic amines is 2. The van der Waals surface area contributed by atoms with Gasteiger partial charge in [0.1, 0.15) is 22.8 Å². The van der Waals surface area contributed by atoms with Crippen LogP contribution in [0.25, 0.3) is 0 Å². The minimum atomic E-state index is -3.33. The molecule has 0 saturated carbocycles. The molecule has 0 atom stereocenters. The zero-order valence-corrected chi connectivity index (χ0v) is 84.2. The van der Waals surface area contributed by atoms with Crippen LogP contribution >= 0.6 is 15.9 Å².